The molecule has 1 saturated heterocycles. The topological polar surface area (TPSA) is 47.6 Å². The number of amides is 1. The number of anilines is 1. The van der Waals surface area contributed by atoms with Gasteiger partial charge in [-0.3, -0.25) is 9.69 Å². The molecule has 0 saturated carbocycles. The van der Waals surface area contributed by atoms with Crippen LogP contribution in [-0.4, -0.2) is 69.1 Å². The molecule has 0 radical (unpaired) electrons. The van der Waals surface area contributed by atoms with Crippen LogP contribution in [0.5, 0.6) is 0 Å². The molecule has 1 heterocycles. The molecular formula is C15H23ClN4O. The van der Waals surface area contributed by atoms with Crippen LogP contribution in [0.2, 0.25) is 5.02 Å². The fraction of sp³-hybridized carbons (Fsp3) is 0.533. The van der Waals surface area contributed by atoms with Crippen molar-refractivity contribution in [3.63, 3.8) is 0 Å². The summed E-state index contributed by atoms with van der Waals surface area (Å²) in [6, 6.07) is 5.62. The normalized spacial score (nSPS) is 20.3. The fourth-order valence-corrected chi connectivity index (χ4v) is 2.72. The first-order chi connectivity index (χ1) is 10.0. The van der Waals surface area contributed by atoms with Gasteiger partial charge < -0.3 is 15.5 Å². The van der Waals surface area contributed by atoms with Gasteiger partial charge in [0.05, 0.1) is 5.56 Å². The molecule has 1 unspecified atom stereocenters. The van der Waals surface area contributed by atoms with Crippen LogP contribution >= 0.6 is 11.6 Å². The summed E-state index contributed by atoms with van der Waals surface area (Å²) in [5.41, 5.74) is 1.36. The van der Waals surface area contributed by atoms with Crippen molar-refractivity contribution in [3.8, 4) is 0 Å². The van der Waals surface area contributed by atoms with Crippen LogP contribution in [0.1, 0.15) is 10.4 Å². The molecular weight excluding hydrogens is 288 g/mol. The van der Waals surface area contributed by atoms with Crippen LogP contribution in [0.15, 0.2) is 18.2 Å². The second kappa shape index (κ2) is 7.11. The van der Waals surface area contributed by atoms with Crippen molar-refractivity contribution in [3.05, 3.63) is 28.8 Å². The number of halogens is 1. The van der Waals surface area contributed by atoms with E-state index in [9.17, 15) is 4.79 Å². The van der Waals surface area contributed by atoms with Gasteiger partial charge in [-0.1, -0.05) is 11.6 Å². The summed E-state index contributed by atoms with van der Waals surface area (Å²) in [6.07, 6.45) is 0. The summed E-state index contributed by atoms with van der Waals surface area (Å²) in [4.78, 5) is 16.9. The highest BCUT2D eigenvalue weighted by Crippen LogP contribution is 2.20. The number of hydrogen-bond donors (Lipinski definition) is 2. The first-order valence-corrected chi connectivity index (χ1v) is 7.53. The summed E-state index contributed by atoms with van der Waals surface area (Å²) in [6.45, 7) is 3.69. The molecule has 116 valence electrons. The van der Waals surface area contributed by atoms with Crippen LogP contribution in [0, 0.1) is 0 Å². The van der Waals surface area contributed by atoms with E-state index in [-0.39, 0.29) is 5.91 Å². The van der Waals surface area contributed by atoms with Gasteiger partial charge in [0.25, 0.3) is 5.91 Å². The molecule has 2 rings (SSSR count). The van der Waals surface area contributed by atoms with E-state index < -0.39 is 0 Å². The number of nitrogens with one attached hydrogen (secondary N) is 2. The highest BCUT2D eigenvalue weighted by molar-refractivity contribution is 6.31. The standard InChI is InChI=1S/C15H23ClN4O/c1-17-14-5-4-11(16)8-13(14)15(21)18-9-12-10-19(2)6-7-20(12)3/h4-5,8,12,17H,6-7,9-10H2,1-3H3,(H,18,21). The van der Waals surface area contributed by atoms with Gasteiger partial charge in [-0.2, -0.15) is 0 Å². The van der Waals surface area contributed by atoms with E-state index in [4.69, 9.17) is 11.6 Å². The lowest BCUT2D eigenvalue weighted by molar-refractivity contribution is 0.0882. The summed E-state index contributed by atoms with van der Waals surface area (Å²) in [5, 5.41) is 6.60. The zero-order valence-electron chi connectivity index (χ0n) is 12.8. The van der Waals surface area contributed by atoms with Crippen molar-refractivity contribution in [1.82, 2.24) is 15.1 Å². The van der Waals surface area contributed by atoms with Crippen LogP contribution in [0.3, 0.4) is 0 Å². The number of benzene rings is 1. The van der Waals surface area contributed by atoms with Crippen LogP contribution < -0.4 is 10.6 Å². The Morgan fingerprint density at radius 2 is 2.14 bits per heavy atom. The highest BCUT2D eigenvalue weighted by Gasteiger charge is 2.23. The van der Waals surface area contributed by atoms with E-state index in [2.05, 4.69) is 34.5 Å². The quantitative estimate of drug-likeness (QED) is 0.881. The number of carbonyl (C=O) groups is 1. The first kappa shape index (κ1) is 16.1. The van der Waals surface area contributed by atoms with E-state index >= 15 is 0 Å². The molecule has 0 spiro atoms. The van der Waals surface area contributed by atoms with Gasteiger partial charge in [-0.25, -0.2) is 0 Å². The van der Waals surface area contributed by atoms with Crippen molar-refractivity contribution in [2.45, 2.75) is 6.04 Å². The smallest absolute Gasteiger partial charge is 0.253 e. The second-order valence-electron chi connectivity index (χ2n) is 5.55. The molecule has 6 heteroatoms. The van der Waals surface area contributed by atoms with Crippen molar-refractivity contribution in [1.29, 1.82) is 0 Å². The number of hydrogen-bond acceptors (Lipinski definition) is 4. The Labute approximate surface area is 131 Å². The van der Waals surface area contributed by atoms with Crippen LogP contribution in [0.25, 0.3) is 0 Å². The average molecular weight is 311 g/mol. The maximum atomic E-state index is 12.4. The maximum Gasteiger partial charge on any atom is 0.253 e. The number of likely N-dealkylation sites (N-methyl/N-ethyl adjacent to an activating group) is 2. The molecule has 5 nitrogen and oxygen atoms in total. The van der Waals surface area contributed by atoms with Gasteiger partial charge in [-0.15, -0.1) is 0 Å². The van der Waals surface area contributed by atoms with E-state index in [1.54, 1.807) is 19.2 Å². The van der Waals surface area contributed by atoms with E-state index in [1.807, 2.05) is 6.07 Å². The molecule has 1 aromatic rings. The molecule has 1 fully saturated rings. The number of nitrogens with zero attached hydrogens (tertiary/aromatic N) is 2. The predicted octanol–water partition coefficient (Wildman–Crippen LogP) is 1.36. The van der Waals surface area contributed by atoms with Crippen LogP contribution in [0.4, 0.5) is 5.69 Å². The summed E-state index contributed by atoms with van der Waals surface area (Å²) >= 11 is 5.99. The Morgan fingerprint density at radius 1 is 1.38 bits per heavy atom. The zero-order chi connectivity index (χ0) is 15.4. The third-order valence-corrected chi connectivity index (χ3v) is 4.21. The minimum atomic E-state index is -0.0940. The minimum absolute atomic E-state index is 0.0940. The first-order valence-electron chi connectivity index (χ1n) is 7.15. The average Bonchev–Trinajstić information content (AvgIpc) is 2.47. The maximum absolute atomic E-state index is 12.4. The van der Waals surface area contributed by atoms with Crippen LogP contribution in [-0.2, 0) is 0 Å². The van der Waals surface area contributed by atoms with Crippen molar-refractivity contribution >= 4 is 23.2 Å². The number of rotatable bonds is 4. The summed E-state index contributed by atoms with van der Waals surface area (Å²) in [7, 11) is 6.00. The summed E-state index contributed by atoms with van der Waals surface area (Å²) < 4.78 is 0. The molecule has 1 aliphatic rings. The predicted molar refractivity (Wildman–Crippen MR) is 87.2 cm³/mol. The Balaban J connectivity index is 2.00. The Bertz CT molecular complexity index is 508. The molecule has 0 aliphatic carbocycles. The third-order valence-electron chi connectivity index (χ3n) is 3.97. The minimum Gasteiger partial charge on any atom is -0.387 e. The molecule has 1 atom stereocenters. The second-order valence-corrected chi connectivity index (χ2v) is 5.98. The molecule has 0 bridgehead atoms. The zero-order valence-corrected chi connectivity index (χ0v) is 13.6. The van der Waals surface area contributed by atoms with Gasteiger partial charge in [0.15, 0.2) is 0 Å². The molecule has 1 amide bonds. The SMILES string of the molecule is CNc1ccc(Cl)cc1C(=O)NCC1CN(C)CCN1C. The Morgan fingerprint density at radius 3 is 2.86 bits per heavy atom. The number of piperazine rings is 1. The summed E-state index contributed by atoms with van der Waals surface area (Å²) in [5.74, 6) is -0.0940. The van der Waals surface area contributed by atoms with E-state index in [0.717, 1.165) is 25.3 Å². The van der Waals surface area contributed by atoms with Crippen molar-refractivity contribution in [2.75, 3.05) is 52.6 Å². The molecule has 2 N–H and O–H groups in total. The largest absolute Gasteiger partial charge is 0.387 e. The fourth-order valence-electron chi connectivity index (χ4n) is 2.55. The lowest BCUT2D eigenvalue weighted by Gasteiger charge is -2.37. The Kier molecular flexibility index (Phi) is 5.45. The van der Waals surface area contributed by atoms with Gasteiger partial charge >= 0.3 is 0 Å². The van der Waals surface area contributed by atoms with E-state index in [0.29, 0.717) is 23.2 Å². The van der Waals surface area contributed by atoms with Gasteiger partial charge in [-0.05, 0) is 32.3 Å². The van der Waals surface area contributed by atoms with Gasteiger partial charge in [0, 0.05) is 50.0 Å². The molecule has 1 aromatic carbocycles. The lowest BCUT2D eigenvalue weighted by Crippen LogP contribution is -2.54. The highest BCUT2D eigenvalue weighted by atomic mass is 35.5. The Hall–Kier alpha value is -1.30. The number of carbonyl (C=O) groups excluding carboxylic acids is 1. The molecule has 21 heavy (non-hydrogen) atoms. The van der Waals surface area contributed by atoms with Crippen molar-refractivity contribution < 1.29 is 4.79 Å². The van der Waals surface area contributed by atoms with E-state index in [1.165, 1.54) is 0 Å². The van der Waals surface area contributed by atoms with Gasteiger partial charge in [0.2, 0.25) is 0 Å². The van der Waals surface area contributed by atoms with Gasteiger partial charge in [0.1, 0.15) is 0 Å². The molecule has 0 aromatic heterocycles. The van der Waals surface area contributed by atoms with Crippen molar-refractivity contribution in [2.24, 2.45) is 0 Å². The molecule has 1 aliphatic heterocycles. The lowest BCUT2D eigenvalue weighted by atomic mass is 10.1. The third kappa shape index (κ3) is 4.09. The monoisotopic (exact) mass is 310 g/mol.